The first-order chi connectivity index (χ1) is 5.57. The molecule has 2 N–H and O–H groups in total. The first kappa shape index (κ1) is 11.4. The number of carbonyl (C=O) groups excluding carboxylic acids is 1. The van der Waals surface area contributed by atoms with Crippen LogP contribution >= 0.6 is 0 Å². The van der Waals surface area contributed by atoms with Crippen LogP contribution in [0.4, 0.5) is 0 Å². The molecular weight excluding hydrogens is 154 g/mol. The van der Waals surface area contributed by atoms with Crippen molar-refractivity contribution in [1.29, 1.82) is 0 Å². The predicted molar refractivity (Wildman–Crippen MR) is 48.7 cm³/mol. The van der Waals surface area contributed by atoms with Gasteiger partial charge in [-0.05, 0) is 19.3 Å². The Bertz CT molecular complexity index is 134. The quantitative estimate of drug-likeness (QED) is 0.638. The van der Waals surface area contributed by atoms with Gasteiger partial charge in [0.25, 0.3) is 0 Å². The predicted octanol–water partition coefficient (Wildman–Crippen LogP) is 1.31. The van der Waals surface area contributed by atoms with Crippen LogP contribution in [0.5, 0.6) is 0 Å². The molecule has 0 heterocycles. The maximum absolute atomic E-state index is 10.9. The van der Waals surface area contributed by atoms with E-state index < -0.39 is 6.04 Å². The van der Waals surface area contributed by atoms with E-state index in [1.807, 2.05) is 0 Å². The number of rotatable bonds is 5. The summed E-state index contributed by atoms with van der Waals surface area (Å²) in [6.45, 7) is 6.31. The number of carbonyl (C=O) groups is 1. The maximum atomic E-state index is 10.9. The Balaban J connectivity index is 3.47. The molecule has 0 radical (unpaired) electrons. The van der Waals surface area contributed by atoms with Crippen molar-refractivity contribution in [2.75, 3.05) is 6.61 Å². The van der Waals surface area contributed by atoms with E-state index in [9.17, 15) is 4.79 Å². The average molecular weight is 173 g/mol. The molecule has 0 saturated carbocycles. The summed E-state index contributed by atoms with van der Waals surface area (Å²) in [5, 5.41) is 0. The summed E-state index contributed by atoms with van der Waals surface area (Å²) in [5.41, 5.74) is 5.32. The Morgan fingerprint density at radius 1 is 1.50 bits per heavy atom. The van der Waals surface area contributed by atoms with E-state index in [1.54, 1.807) is 6.92 Å². The van der Waals surface area contributed by atoms with Crippen LogP contribution in [0.25, 0.3) is 0 Å². The smallest absolute Gasteiger partial charge is 0.322 e. The molecule has 0 aliphatic heterocycles. The van der Waals surface area contributed by atoms with Crippen molar-refractivity contribution in [3.8, 4) is 0 Å². The molecule has 0 aromatic carbocycles. The van der Waals surface area contributed by atoms with Crippen molar-refractivity contribution in [1.82, 2.24) is 0 Å². The normalized spacial score (nSPS) is 15.3. The minimum atomic E-state index is -0.501. The van der Waals surface area contributed by atoms with Crippen LogP contribution in [0.1, 0.15) is 33.6 Å². The highest BCUT2D eigenvalue weighted by Crippen LogP contribution is 2.05. The number of nitrogens with two attached hydrogens (primary N) is 1. The van der Waals surface area contributed by atoms with E-state index in [-0.39, 0.29) is 5.97 Å². The van der Waals surface area contributed by atoms with Gasteiger partial charge in [0.15, 0.2) is 0 Å². The zero-order valence-electron chi connectivity index (χ0n) is 8.17. The molecular formula is C9H19NO2. The fourth-order valence-corrected chi connectivity index (χ4v) is 0.932. The minimum Gasteiger partial charge on any atom is -0.464 e. The fourth-order valence-electron chi connectivity index (χ4n) is 0.932. The molecule has 72 valence electrons. The number of ether oxygens (including phenoxy) is 1. The van der Waals surface area contributed by atoms with Crippen molar-refractivity contribution in [2.24, 2.45) is 11.7 Å². The van der Waals surface area contributed by atoms with E-state index in [2.05, 4.69) is 13.8 Å². The lowest BCUT2D eigenvalue weighted by molar-refractivity contribution is -0.146. The summed E-state index contributed by atoms with van der Waals surface area (Å²) >= 11 is 0. The number of hydrogen-bond donors (Lipinski definition) is 1. The maximum Gasteiger partial charge on any atom is 0.322 e. The Morgan fingerprint density at radius 3 is 2.50 bits per heavy atom. The molecule has 0 spiro atoms. The van der Waals surface area contributed by atoms with E-state index in [0.717, 1.165) is 12.8 Å². The number of hydrogen-bond acceptors (Lipinski definition) is 3. The van der Waals surface area contributed by atoms with Crippen LogP contribution in [-0.2, 0) is 9.53 Å². The van der Waals surface area contributed by atoms with E-state index in [0.29, 0.717) is 12.5 Å². The summed E-state index contributed by atoms with van der Waals surface area (Å²) in [7, 11) is 0. The highest BCUT2D eigenvalue weighted by molar-refractivity contribution is 5.74. The van der Waals surface area contributed by atoms with Gasteiger partial charge in [-0.25, -0.2) is 0 Å². The summed E-state index contributed by atoms with van der Waals surface area (Å²) < 4.78 is 4.95. The molecule has 3 nitrogen and oxygen atoms in total. The number of esters is 1. The molecule has 2 atom stereocenters. The second-order valence-corrected chi connectivity index (χ2v) is 3.31. The molecule has 3 heteroatoms. The van der Waals surface area contributed by atoms with Crippen molar-refractivity contribution in [2.45, 2.75) is 39.7 Å². The Labute approximate surface area is 74.3 Å². The summed E-state index contributed by atoms with van der Waals surface area (Å²) in [6, 6.07) is -0.501. The molecule has 0 saturated heterocycles. The Kier molecular flexibility index (Phi) is 5.72. The molecule has 0 amide bonds. The minimum absolute atomic E-state index is 0.307. The van der Waals surface area contributed by atoms with Crippen molar-refractivity contribution < 1.29 is 9.53 Å². The third-order valence-corrected chi connectivity index (χ3v) is 1.66. The lowest BCUT2D eigenvalue weighted by Gasteiger charge is -2.11. The topological polar surface area (TPSA) is 52.3 Å². The molecule has 0 aromatic heterocycles. The highest BCUT2D eigenvalue weighted by Gasteiger charge is 2.10. The van der Waals surface area contributed by atoms with E-state index in [1.165, 1.54) is 0 Å². The summed E-state index contributed by atoms with van der Waals surface area (Å²) in [4.78, 5) is 10.9. The van der Waals surface area contributed by atoms with Gasteiger partial charge in [-0.1, -0.05) is 20.3 Å². The fraction of sp³-hybridized carbons (Fsp3) is 0.889. The second kappa shape index (κ2) is 6.00. The van der Waals surface area contributed by atoms with Crippen LogP contribution in [0, 0.1) is 5.92 Å². The van der Waals surface area contributed by atoms with Gasteiger partial charge in [0.2, 0.25) is 0 Å². The van der Waals surface area contributed by atoms with Crippen LogP contribution in [0.2, 0.25) is 0 Å². The second-order valence-electron chi connectivity index (χ2n) is 3.31. The molecule has 0 rings (SSSR count). The molecule has 0 aromatic rings. The third-order valence-electron chi connectivity index (χ3n) is 1.66. The molecule has 2 unspecified atom stereocenters. The SMILES string of the molecule is CCCC(C)COC(=O)C(C)N. The Hall–Kier alpha value is -0.570. The van der Waals surface area contributed by atoms with Crippen LogP contribution in [0.15, 0.2) is 0 Å². The van der Waals surface area contributed by atoms with Gasteiger partial charge in [-0.15, -0.1) is 0 Å². The molecule has 0 aliphatic carbocycles. The van der Waals surface area contributed by atoms with Gasteiger partial charge in [-0.3, -0.25) is 4.79 Å². The van der Waals surface area contributed by atoms with E-state index in [4.69, 9.17) is 10.5 Å². The lowest BCUT2D eigenvalue weighted by Crippen LogP contribution is -2.29. The van der Waals surface area contributed by atoms with E-state index >= 15 is 0 Å². The van der Waals surface area contributed by atoms with Crippen molar-refractivity contribution in [3.63, 3.8) is 0 Å². The molecule has 0 aliphatic rings. The third kappa shape index (κ3) is 5.13. The standard InChI is InChI=1S/C9H19NO2/c1-4-5-7(2)6-12-9(11)8(3)10/h7-8H,4-6,10H2,1-3H3. The first-order valence-electron chi connectivity index (χ1n) is 4.50. The Morgan fingerprint density at radius 2 is 2.08 bits per heavy atom. The van der Waals surface area contributed by atoms with Gasteiger partial charge in [0, 0.05) is 0 Å². The zero-order chi connectivity index (χ0) is 9.56. The molecule has 12 heavy (non-hydrogen) atoms. The summed E-state index contributed by atoms with van der Waals surface area (Å²) in [5.74, 6) is 0.135. The van der Waals surface area contributed by atoms with Crippen LogP contribution in [-0.4, -0.2) is 18.6 Å². The summed E-state index contributed by atoms with van der Waals surface area (Å²) in [6.07, 6.45) is 2.21. The zero-order valence-corrected chi connectivity index (χ0v) is 8.17. The van der Waals surface area contributed by atoms with Crippen LogP contribution < -0.4 is 5.73 Å². The largest absolute Gasteiger partial charge is 0.464 e. The molecule has 0 fully saturated rings. The van der Waals surface area contributed by atoms with Crippen molar-refractivity contribution in [3.05, 3.63) is 0 Å². The average Bonchev–Trinajstić information content (AvgIpc) is 2.00. The van der Waals surface area contributed by atoms with Gasteiger partial charge in [0.1, 0.15) is 6.04 Å². The lowest BCUT2D eigenvalue weighted by atomic mass is 10.1. The van der Waals surface area contributed by atoms with Crippen molar-refractivity contribution >= 4 is 5.97 Å². The van der Waals surface area contributed by atoms with Crippen LogP contribution in [0.3, 0.4) is 0 Å². The van der Waals surface area contributed by atoms with Gasteiger partial charge in [-0.2, -0.15) is 0 Å². The van der Waals surface area contributed by atoms with Gasteiger partial charge >= 0.3 is 5.97 Å². The van der Waals surface area contributed by atoms with Gasteiger partial charge in [0.05, 0.1) is 6.61 Å². The van der Waals surface area contributed by atoms with Gasteiger partial charge < -0.3 is 10.5 Å². The first-order valence-corrected chi connectivity index (χ1v) is 4.50. The highest BCUT2D eigenvalue weighted by atomic mass is 16.5. The molecule has 0 bridgehead atoms. The monoisotopic (exact) mass is 173 g/mol.